The van der Waals surface area contributed by atoms with Crippen LogP contribution in [0.15, 0.2) is 36.4 Å². The number of aryl methyl sites for hydroxylation is 1. The molecule has 3 N–H and O–H groups in total. The van der Waals surface area contributed by atoms with E-state index in [1.54, 1.807) is 24.3 Å². The van der Waals surface area contributed by atoms with Crippen LogP contribution in [0.4, 0.5) is 0 Å². The van der Waals surface area contributed by atoms with Crippen molar-refractivity contribution in [3.63, 3.8) is 0 Å². The van der Waals surface area contributed by atoms with Gasteiger partial charge in [-0.05, 0) is 77.6 Å². The van der Waals surface area contributed by atoms with E-state index in [1.165, 1.54) is 20.3 Å². The Labute approximate surface area is 175 Å². The smallest absolute Gasteiger partial charge is 0.269 e. The Kier molecular flexibility index (Phi) is 7.36. The van der Waals surface area contributed by atoms with Gasteiger partial charge in [0.15, 0.2) is 16.6 Å². The SMILES string of the molecule is COc1ccc(C(=O)NNC(=S)NC(=O)c2ccc(C)c(I)c2)cc1OC. The summed E-state index contributed by atoms with van der Waals surface area (Å²) >= 11 is 7.20. The van der Waals surface area contributed by atoms with E-state index in [0.717, 1.165) is 9.13 Å². The highest BCUT2D eigenvalue weighted by molar-refractivity contribution is 14.1. The van der Waals surface area contributed by atoms with Gasteiger partial charge in [-0.2, -0.15) is 0 Å². The monoisotopic (exact) mass is 499 g/mol. The molecule has 0 radical (unpaired) electrons. The minimum absolute atomic E-state index is 0.0237. The van der Waals surface area contributed by atoms with Gasteiger partial charge in [0.25, 0.3) is 11.8 Å². The first-order valence-corrected chi connectivity index (χ1v) is 9.24. The second-order valence-electron chi connectivity index (χ2n) is 5.40. The summed E-state index contributed by atoms with van der Waals surface area (Å²) in [5.74, 6) is 0.121. The first-order valence-electron chi connectivity index (χ1n) is 7.75. The van der Waals surface area contributed by atoms with Gasteiger partial charge in [-0.1, -0.05) is 6.07 Å². The fourth-order valence-corrected chi connectivity index (χ4v) is 2.76. The number of thiocarbonyl (C=S) groups is 1. The molecule has 27 heavy (non-hydrogen) atoms. The summed E-state index contributed by atoms with van der Waals surface area (Å²) in [7, 11) is 2.99. The molecule has 0 saturated carbocycles. The maximum atomic E-state index is 12.2. The molecule has 2 aromatic rings. The molecule has 0 spiro atoms. The van der Waals surface area contributed by atoms with E-state index in [9.17, 15) is 9.59 Å². The van der Waals surface area contributed by atoms with Crippen LogP contribution in [0, 0.1) is 10.5 Å². The number of hydrogen-bond acceptors (Lipinski definition) is 5. The van der Waals surface area contributed by atoms with Crippen LogP contribution >= 0.6 is 34.8 Å². The average Bonchev–Trinajstić information content (AvgIpc) is 2.67. The Hall–Kier alpha value is -2.40. The van der Waals surface area contributed by atoms with Gasteiger partial charge in [-0.15, -0.1) is 0 Å². The molecular weight excluding hydrogens is 481 g/mol. The summed E-state index contributed by atoms with van der Waals surface area (Å²) in [6, 6.07) is 10.0. The van der Waals surface area contributed by atoms with E-state index in [-0.39, 0.29) is 11.0 Å². The summed E-state index contributed by atoms with van der Waals surface area (Å²) in [5, 5.41) is 2.49. The third-order valence-corrected chi connectivity index (χ3v) is 4.96. The molecular formula is C18H18IN3O4S. The molecule has 0 aromatic heterocycles. The highest BCUT2D eigenvalue weighted by atomic mass is 127. The van der Waals surface area contributed by atoms with Crippen LogP contribution in [0.2, 0.25) is 0 Å². The fraction of sp³-hybridized carbons (Fsp3) is 0.167. The van der Waals surface area contributed by atoms with Crippen molar-refractivity contribution in [1.82, 2.24) is 16.2 Å². The maximum absolute atomic E-state index is 12.2. The maximum Gasteiger partial charge on any atom is 0.269 e. The van der Waals surface area contributed by atoms with Crippen molar-refractivity contribution in [1.29, 1.82) is 0 Å². The highest BCUT2D eigenvalue weighted by Gasteiger charge is 2.12. The number of ether oxygens (including phenoxy) is 2. The Morgan fingerprint density at radius 2 is 1.56 bits per heavy atom. The number of hydrogen-bond donors (Lipinski definition) is 3. The lowest BCUT2D eigenvalue weighted by molar-refractivity contribution is 0.0934. The van der Waals surface area contributed by atoms with Crippen molar-refractivity contribution in [2.24, 2.45) is 0 Å². The molecule has 0 saturated heterocycles. The van der Waals surface area contributed by atoms with Crippen molar-refractivity contribution in [2.75, 3.05) is 14.2 Å². The molecule has 0 bridgehead atoms. The van der Waals surface area contributed by atoms with Crippen LogP contribution in [0.1, 0.15) is 26.3 Å². The number of carbonyl (C=O) groups is 2. The zero-order chi connectivity index (χ0) is 20.0. The molecule has 142 valence electrons. The van der Waals surface area contributed by atoms with E-state index >= 15 is 0 Å². The lowest BCUT2D eigenvalue weighted by atomic mass is 10.1. The van der Waals surface area contributed by atoms with Crippen molar-refractivity contribution < 1.29 is 19.1 Å². The van der Waals surface area contributed by atoms with Gasteiger partial charge >= 0.3 is 0 Å². The largest absolute Gasteiger partial charge is 0.493 e. The van der Waals surface area contributed by atoms with Crippen LogP contribution < -0.4 is 25.6 Å². The molecule has 0 aliphatic heterocycles. The van der Waals surface area contributed by atoms with Gasteiger partial charge in [0.1, 0.15) is 0 Å². The lowest BCUT2D eigenvalue weighted by Crippen LogP contribution is -2.48. The molecule has 0 atom stereocenters. The van der Waals surface area contributed by atoms with Gasteiger partial charge in [0, 0.05) is 14.7 Å². The van der Waals surface area contributed by atoms with Crippen LogP contribution in [0.3, 0.4) is 0 Å². The zero-order valence-electron chi connectivity index (χ0n) is 14.9. The Morgan fingerprint density at radius 1 is 0.926 bits per heavy atom. The van der Waals surface area contributed by atoms with Gasteiger partial charge < -0.3 is 9.47 Å². The summed E-state index contributed by atoms with van der Waals surface area (Å²) < 4.78 is 11.3. The molecule has 2 rings (SSSR count). The van der Waals surface area contributed by atoms with Crippen molar-refractivity contribution in [2.45, 2.75) is 6.92 Å². The predicted molar refractivity (Wildman–Crippen MR) is 114 cm³/mol. The Balaban J connectivity index is 1.93. The number of nitrogens with one attached hydrogen (secondary N) is 3. The highest BCUT2D eigenvalue weighted by Crippen LogP contribution is 2.27. The molecule has 0 aliphatic rings. The van der Waals surface area contributed by atoms with Crippen molar-refractivity contribution in [3.05, 3.63) is 56.7 Å². The minimum Gasteiger partial charge on any atom is -0.493 e. The molecule has 7 nitrogen and oxygen atoms in total. The first-order chi connectivity index (χ1) is 12.8. The lowest BCUT2D eigenvalue weighted by Gasteiger charge is -2.12. The molecule has 2 aromatic carbocycles. The van der Waals surface area contributed by atoms with E-state index in [4.69, 9.17) is 21.7 Å². The van der Waals surface area contributed by atoms with E-state index in [0.29, 0.717) is 22.6 Å². The second kappa shape index (κ2) is 9.51. The third kappa shape index (κ3) is 5.54. The molecule has 0 heterocycles. The average molecular weight is 499 g/mol. The number of hydrazine groups is 1. The number of rotatable bonds is 4. The van der Waals surface area contributed by atoms with Gasteiger partial charge in [-0.3, -0.25) is 25.8 Å². The molecule has 0 fully saturated rings. The summed E-state index contributed by atoms with van der Waals surface area (Å²) in [4.78, 5) is 24.4. The Morgan fingerprint density at radius 3 is 2.19 bits per heavy atom. The topological polar surface area (TPSA) is 88.7 Å². The van der Waals surface area contributed by atoms with Crippen LogP contribution in [0.5, 0.6) is 11.5 Å². The molecule has 0 unspecified atom stereocenters. The number of halogens is 1. The van der Waals surface area contributed by atoms with Gasteiger partial charge in [0.2, 0.25) is 0 Å². The summed E-state index contributed by atoms with van der Waals surface area (Å²) in [6.07, 6.45) is 0. The van der Waals surface area contributed by atoms with Gasteiger partial charge in [0.05, 0.1) is 14.2 Å². The summed E-state index contributed by atoms with van der Waals surface area (Å²) in [5.41, 5.74) is 6.81. The first kappa shape index (κ1) is 20.9. The van der Waals surface area contributed by atoms with Crippen molar-refractivity contribution >= 4 is 51.7 Å². The van der Waals surface area contributed by atoms with E-state index < -0.39 is 5.91 Å². The quantitative estimate of drug-likeness (QED) is 0.341. The standard InChI is InChI=1S/C18H18IN3O4S/c1-10-4-5-11(8-13(10)19)16(23)20-18(27)22-21-17(24)12-6-7-14(25-2)15(9-12)26-3/h4-9H,1-3H3,(H,21,24)(H2,20,22,23,27). The van der Waals surface area contributed by atoms with E-state index in [2.05, 4.69) is 38.8 Å². The van der Waals surface area contributed by atoms with Crippen molar-refractivity contribution in [3.8, 4) is 11.5 Å². The number of amides is 2. The number of benzene rings is 2. The zero-order valence-corrected chi connectivity index (χ0v) is 17.9. The fourth-order valence-electron chi connectivity index (χ4n) is 2.10. The van der Waals surface area contributed by atoms with Crippen LogP contribution in [0.25, 0.3) is 0 Å². The third-order valence-electron chi connectivity index (χ3n) is 3.60. The van der Waals surface area contributed by atoms with Crippen LogP contribution in [-0.2, 0) is 0 Å². The Bertz CT molecular complexity index is 889. The molecule has 9 heteroatoms. The normalized spacial score (nSPS) is 9.93. The number of carbonyl (C=O) groups excluding carboxylic acids is 2. The van der Waals surface area contributed by atoms with Gasteiger partial charge in [-0.25, -0.2) is 0 Å². The summed E-state index contributed by atoms with van der Waals surface area (Å²) in [6.45, 7) is 1.96. The minimum atomic E-state index is -0.447. The molecule has 0 aliphatic carbocycles. The predicted octanol–water partition coefficient (Wildman–Crippen LogP) is 2.57. The number of methoxy groups -OCH3 is 2. The second-order valence-corrected chi connectivity index (χ2v) is 6.97. The molecule has 2 amide bonds. The van der Waals surface area contributed by atoms with Crippen LogP contribution in [-0.4, -0.2) is 31.1 Å². The van der Waals surface area contributed by atoms with E-state index in [1.807, 2.05) is 13.0 Å².